The maximum absolute atomic E-state index is 12.7. The van der Waals surface area contributed by atoms with Crippen LogP contribution in [0.25, 0.3) is 0 Å². The van der Waals surface area contributed by atoms with Crippen molar-refractivity contribution in [3.8, 4) is 0 Å². The van der Waals surface area contributed by atoms with E-state index in [2.05, 4.69) is 0 Å². The Morgan fingerprint density at radius 1 is 1.25 bits per heavy atom. The Labute approximate surface area is 124 Å². The first kappa shape index (κ1) is 15.1. The Morgan fingerprint density at radius 2 is 1.80 bits per heavy atom. The first-order valence-corrected chi connectivity index (χ1v) is 7.02. The highest BCUT2D eigenvalue weighted by atomic mass is 35.5. The van der Waals surface area contributed by atoms with Crippen molar-refractivity contribution in [2.75, 3.05) is 18.8 Å². The second-order valence-electron chi connectivity index (χ2n) is 6.51. The van der Waals surface area contributed by atoms with Crippen LogP contribution in [0.2, 0.25) is 5.02 Å². The molecule has 1 aromatic rings. The van der Waals surface area contributed by atoms with E-state index in [1.165, 1.54) is 0 Å². The van der Waals surface area contributed by atoms with Gasteiger partial charge in [-0.2, -0.15) is 0 Å². The third-order valence-electron chi connectivity index (χ3n) is 3.23. The lowest BCUT2D eigenvalue weighted by molar-refractivity contribution is -0.171. The van der Waals surface area contributed by atoms with Gasteiger partial charge < -0.3 is 15.4 Å². The van der Waals surface area contributed by atoms with E-state index in [0.717, 1.165) is 0 Å². The summed E-state index contributed by atoms with van der Waals surface area (Å²) in [6.45, 7) is 8.98. The zero-order valence-electron chi connectivity index (χ0n) is 12.4. The van der Waals surface area contributed by atoms with Gasteiger partial charge in [0.15, 0.2) is 0 Å². The number of ether oxygens (including phenoxy) is 1. The summed E-state index contributed by atoms with van der Waals surface area (Å²) in [5.74, 6) is -0.102. The first-order chi connectivity index (χ1) is 9.10. The summed E-state index contributed by atoms with van der Waals surface area (Å²) < 4.78 is 5.98. The number of halogens is 1. The van der Waals surface area contributed by atoms with Crippen LogP contribution in [0.15, 0.2) is 18.2 Å². The third-order valence-corrected chi connectivity index (χ3v) is 3.46. The van der Waals surface area contributed by atoms with Crippen molar-refractivity contribution in [1.82, 2.24) is 4.90 Å². The van der Waals surface area contributed by atoms with E-state index in [0.29, 0.717) is 29.4 Å². The van der Waals surface area contributed by atoms with E-state index in [9.17, 15) is 4.79 Å². The van der Waals surface area contributed by atoms with Gasteiger partial charge in [-0.3, -0.25) is 4.79 Å². The number of hydrogen-bond donors (Lipinski definition) is 1. The molecule has 1 aliphatic heterocycles. The maximum atomic E-state index is 12.7. The van der Waals surface area contributed by atoms with Crippen LogP contribution >= 0.6 is 11.6 Å². The van der Waals surface area contributed by atoms with Gasteiger partial charge in [-0.1, -0.05) is 11.6 Å². The number of carbonyl (C=O) groups is 1. The van der Waals surface area contributed by atoms with E-state index >= 15 is 0 Å². The molecule has 0 aromatic heterocycles. The number of anilines is 1. The first-order valence-electron chi connectivity index (χ1n) is 6.64. The van der Waals surface area contributed by atoms with E-state index < -0.39 is 0 Å². The molecule has 0 saturated carbocycles. The van der Waals surface area contributed by atoms with Gasteiger partial charge in [0.2, 0.25) is 0 Å². The molecule has 2 N–H and O–H groups in total. The summed E-state index contributed by atoms with van der Waals surface area (Å²) in [6.07, 6.45) is 0. The number of nitrogen functional groups attached to an aromatic ring is 1. The van der Waals surface area contributed by atoms with Gasteiger partial charge in [0, 0.05) is 23.8 Å². The molecule has 2 rings (SSSR count). The lowest BCUT2D eigenvalue weighted by atomic mass is 9.98. The van der Waals surface area contributed by atoms with Gasteiger partial charge in [0.05, 0.1) is 16.8 Å². The SMILES string of the molecule is CC1(C)CN(C(=O)c2cc(Cl)ccc2N)CC(C)(C)O1. The predicted molar refractivity (Wildman–Crippen MR) is 81.0 cm³/mol. The number of morpholine rings is 1. The highest BCUT2D eigenvalue weighted by Crippen LogP contribution is 2.30. The van der Waals surface area contributed by atoms with E-state index in [-0.39, 0.29) is 17.1 Å². The highest BCUT2D eigenvalue weighted by molar-refractivity contribution is 6.31. The third kappa shape index (κ3) is 3.25. The van der Waals surface area contributed by atoms with Crippen LogP contribution in [0, 0.1) is 0 Å². The molecule has 1 saturated heterocycles. The fourth-order valence-corrected chi connectivity index (χ4v) is 2.99. The summed E-state index contributed by atoms with van der Waals surface area (Å²) in [7, 11) is 0. The number of amides is 1. The second kappa shape index (κ2) is 4.93. The second-order valence-corrected chi connectivity index (χ2v) is 6.95. The molecule has 5 heteroatoms. The topological polar surface area (TPSA) is 55.6 Å². The monoisotopic (exact) mass is 296 g/mol. The molecular weight excluding hydrogens is 276 g/mol. The van der Waals surface area contributed by atoms with Gasteiger partial charge in [0.1, 0.15) is 0 Å². The molecule has 0 atom stereocenters. The normalized spacial score (nSPS) is 20.8. The zero-order chi connectivity index (χ0) is 15.1. The Kier molecular flexibility index (Phi) is 3.73. The molecule has 20 heavy (non-hydrogen) atoms. The zero-order valence-corrected chi connectivity index (χ0v) is 13.1. The fraction of sp³-hybridized carbons (Fsp3) is 0.533. The van der Waals surface area contributed by atoms with Crippen LogP contribution in [0.5, 0.6) is 0 Å². The van der Waals surface area contributed by atoms with Gasteiger partial charge in [-0.05, 0) is 45.9 Å². The van der Waals surface area contributed by atoms with Crippen molar-refractivity contribution >= 4 is 23.2 Å². The lowest BCUT2D eigenvalue weighted by Crippen LogP contribution is -2.58. The van der Waals surface area contributed by atoms with Gasteiger partial charge >= 0.3 is 0 Å². The minimum atomic E-state index is -0.384. The number of nitrogens with zero attached hydrogens (tertiary/aromatic N) is 1. The molecule has 1 amide bonds. The quantitative estimate of drug-likeness (QED) is 0.811. The van der Waals surface area contributed by atoms with Crippen molar-refractivity contribution in [2.45, 2.75) is 38.9 Å². The number of carbonyl (C=O) groups excluding carboxylic acids is 1. The van der Waals surface area contributed by atoms with Gasteiger partial charge in [0.25, 0.3) is 5.91 Å². The predicted octanol–water partition coefficient (Wildman–Crippen LogP) is 2.95. The number of hydrogen-bond acceptors (Lipinski definition) is 3. The number of nitrogens with two attached hydrogens (primary N) is 1. The minimum absolute atomic E-state index is 0.102. The Hall–Kier alpha value is -1.26. The summed E-state index contributed by atoms with van der Waals surface area (Å²) in [6, 6.07) is 4.96. The van der Waals surface area contributed by atoms with Crippen molar-refractivity contribution in [3.05, 3.63) is 28.8 Å². The standard InChI is InChI=1S/C15H21ClN2O2/c1-14(2)8-18(9-15(3,4)20-14)13(19)11-7-10(16)5-6-12(11)17/h5-7H,8-9,17H2,1-4H3. The van der Waals surface area contributed by atoms with Crippen LogP contribution in [0.4, 0.5) is 5.69 Å². The molecule has 1 heterocycles. The average molecular weight is 297 g/mol. The summed E-state index contributed by atoms with van der Waals surface area (Å²) in [5, 5.41) is 0.509. The maximum Gasteiger partial charge on any atom is 0.256 e. The molecule has 0 radical (unpaired) electrons. The minimum Gasteiger partial charge on any atom is -0.398 e. The summed E-state index contributed by atoms with van der Waals surface area (Å²) >= 11 is 5.96. The molecule has 4 nitrogen and oxygen atoms in total. The molecule has 0 spiro atoms. The Bertz CT molecular complexity index is 525. The summed E-state index contributed by atoms with van der Waals surface area (Å²) in [5.41, 5.74) is 6.02. The van der Waals surface area contributed by atoms with E-state index in [1.807, 2.05) is 27.7 Å². The smallest absolute Gasteiger partial charge is 0.256 e. The molecule has 0 aliphatic carbocycles. The largest absolute Gasteiger partial charge is 0.398 e. The molecule has 0 unspecified atom stereocenters. The van der Waals surface area contributed by atoms with Crippen LogP contribution in [-0.2, 0) is 4.74 Å². The summed E-state index contributed by atoms with van der Waals surface area (Å²) in [4.78, 5) is 14.5. The molecule has 0 bridgehead atoms. The Balaban J connectivity index is 2.31. The van der Waals surface area contributed by atoms with Crippen LogP contribution in [0.1, 0.15) is 38.1 Å². The molecule has 1 aromatic carbocycles. The van der Waals surface area contributed by atoms with Crippen LogP contribution in [0.3, 0.4) is 0 Å². The van der Waals surface area contributed by atoms with Crippen molar-refractivity contribution in [1.29, 1.82) is 0 Å². The number of rotatable bonds is 1. The molecule has 1 fully saturated rings. The Morgan fingerprint density at radius 3 is 2.35 bits per heavy atom. The average Bonchev–Trinajstić information content (AvgIpc) is 2.27. The van der Waals surface area contributed by atoms with Gasteiger partial charge in [-0.25, -0.2) is 0 Å². The molecule has 110 valence electrons. The number of benzene rings is 1. The van der Waals surface area contributed by atoms with E-state index in [1.54, 1.807) is 23.1 Å². The molecular formula is C15H21ClN2O2. The van der Waals surface area contributed by atoms with Crippen LogP contribution in [-0.4, -0.2) is 35.1 Å². The van der Waals surface area contributed by atoms with Crippen molar-refractivity contribution in [2.24, 2.45) is 0 Å². The lowest BCUT2D eigenvalue weighted by Gasteiger charge is -2.47. The van der Waals surface area contributed by atoms with Crippen LogP contribution < -0.4 is 5.73 Å². The molecule has 1 aliphatic rings. The van der Waals surface area contributed by atoms with Gasteiger partial charge in [-0.15, -0.1) is 0 Å². The van der Waals surface area contributed by atoms with E-state index in [4.69, 9.17) is 22.1 Å². The van der Waals surface area contributed by atoms with Crippen molar-refractivity contribution in [3.63, 3.8) is 0 Å². The highest BCUT2D eigenvalue weighted by Gasteiger charge is 2.40. The fourth-order valence-electron chi connectivity index (χ4n) is 2.82. The van der Waals surface area contributed by atoms with Crippen molar-refractivity contribution < 1.29 is 9.53 Å².